The quantitative estimate of drug-likeness (QED) is 0.708. The van der Waals surface area contributed by atoms with E-state index in [1.807, 2.05) is 30.3 Å². The average molecular weight is 305 g/mol. The fourth-order valence-electron chi connectivity index (χ4n) is 1.87. The van der Waals surface area contributed by atoms with Gasteiger partial charge in [0.25, 0.3) is 0 Å². The smallest absolute Gasteiger partial charge is 0.249 e. The molecule has 0 saturated carbocycles. The van der Waals surface area contributed by atoms with Crippen LogP contribution in [0.2, 0.25) is 10.0 Å². The lowest BCUT2D eigenvalue weighted by Gasteiger charge is -1.99. The van der Waals surface area contributed by atoms with Gasteiger partial charge in [0.15, 0.2) is 0 Å². The van der Waals surface area contributed by atoms with Crippen LogP contribution in [-0.2, 0) is 6.42 Å². The second-order valence-electron chi connectivity index (χ2n) is 4.29. The molecule has 20 heavy (non-hydrogen) atoms. The predicted octanol–water partition coefficient (Wildman–Crippen LogP) is 4.63. The summed E-state index contributed by atoms with van der Waals surface area (Å²) in [6.45, 7) is 0. The number of halogens is 2. The number of aromatic nitrogens is 2. The van der Waals surface area contributed by atoms with E-state index in [2.05, 4.69) is 10.2 Å². The minimum Gasteiger partial charge on any atom is -0.420 e. The molecule has 1 aromatic heterocycles. The maximum atomic E-state index is 6.12. The summed E-state index contributed by atoms with van der Waals surface area (Å²) in [7, 11) is 0. The van der Waals surface area contributed by atoms with Gasteiger partial charge >= 0.3 is 0 Å². The highest BCUT2D eigenvalue weighted by molar-refractivity contribution is 6.36. The van der Waals surface area contributed by atoms with E-state index < -0.39 is 0 Å². The van der Waals surface area contributed by atoms with Gasteiger partial charge in [-0.1, -0.05) is 53.5 Å². The Morgan fingerprint density at radius 3 is 2.50 bits per heavy atom. The van der Waals surface area contributed by atoms with Crippen molar-refractivity contribution in [1.29, 1.82) is 0 Å². The molecule has 0 atom stereocenters. The lowest BCUT2D eigenvalue weighted by atomic mass is 10.1. The zero-order valence-electron chi connectivity index (χ0n) is 10.4. The topological polar surface area (TPSA) is 38.9 Å². The molecule has 0 bridgehead atoms. The van der Waals surface area contributed by atoms with Crippen molar-refractivity contribution in [2.45, 2.75) is 6.42 Å². The van der Waals surface area contributed by atoms with Crippen molar-refractivity contribution in [1.82, 2.24) is 10.2 Å². The molecule has 5 heteroatoms. The molecule has 0 spiro atoms. The molecule has 100 valence electrons. The van der Waals surface area contributed by atoms with E-state index >= 15 is 0 Å². The van der Waals surface area contributed by atoms with Crippen molar-refractivity contribution in [3.63, 3.8) is 0 Å². The van der Waals surface area contributed by atoms with Crippen LogP contribution >= 0.6 is 23.2 Å². The van der Waals surface area contributed by atoms with E-state index in [9.17, 15) is 0 Å². The van der Waals surface area contributed by atoms with Crippen molar-refractivity contribution in [2.75, 3.05) is 0 Å². The number of hydrogen-bond donors (Lipinski definition) is 0. The van der Waals surface area contributed by atoms with Crippen LogP contribution in [0.3, 0.4) is 0 Å². The Labute approximate surface area is 126 Å². The molecule has 1 heterocycles. The van der Waals surface area contributed by atoms with Gasteiger partial charge in [0, 0.05) is 5.02 Å². The summed E-state index contributed by atoms with van der Waals surface area (Å²) < 4.78 is 5.64. The van der Waals surface area contributed by atoms with Crippen LogP contribution < -0.4 is 0 Å². The van der Waals surface area contributed by atoms with Gasteiger partial charge in [0.1, 0.15) is 0 Å². The lowest BCUT2D eigenvalue weighted by Crippen LogP contribution is -1.87. The molecule has 0 saturated heterocycles. The van der Waals surface area contributed by atoms with Crippen molar-refractivity contribution < 1.29 is 4.42 Å². The monoisotopic (exact) mass is 304 g/mol. The molecule has 3 rings (SSSR count). The zero-order valence-corrected chi connectivity index (χ0v) is 11.9. The van der Waals surface area contributed by atoms with E-state index in [4.69, 9.17) is 27.6 Å². The molecule has 0 aliphatic heterocycles. The molecule has 0 amide bonds. The van der Waals surface area contributed by atoms with Crippen molar-refractivity contribution in [2.24, 2.45) is 0 Å². The second kappa shape index (κ2) is 5.65. The Morgan fingerprint density at radius 1 is 0.950 bits per heavy atom. The van der Waals surface area contributed by atoms with Crippen LogP contribution in [-0.4, -0.2) is 10.2 Å². The van der Waals surface area contributed by atoms with E-state index in [1.54, 1.807) is 18.2 Å². The third-order valence-corrected chi connectivity index (χ3v) is 3.37. The minimum absolute atomic E-state index is 0.401. The zero-order chi connectivity index (χ0) is 13.9. The Hall–Kier alpha value is -1.84. The van der Waals surface area contributed by atoms with Crippen molar-refractivity contribution in [3.05, 3.63) is 70.0 Å². The van der Waals surface area contributed by atoms with Crippen LogP contribution in [0.15, 0.2) is 52.9 Å². The van der Waals surface area contributed by atoms with Gasteiger partial charge in [0.05, 0.1) is 17.0 Å². The summed E-state index contributed by atoms with van der Waals surface area (Å²) in [5.74, 6) is 0.954. The average Bonchev–Trinajstić information content (AvgIpc) is 2.88. The Kier molecular flexibility index (Phi) is 3.72. The molecule has 0 fully saturated rings. The first-order valence-electron chi connectivity index (χ1n) is 6.04. The Morgan fingerprint density at radius 2 is 1.75 bits per heavy atom. The molecule has 3 nitrogen and oxygen atoms in total. The highest BCUT2D eigenvalue weighted by Gasteiger charge is 2.12. The summed E-state index contributed by atoms with van der Waals surface area (Å²) in [5.41, 5.74) is 1.80. The van der Waals surface area contributed by atoms with Gasteiger partial charge < -0.3 is 4.42 Å². The standard InChI is InChI=1S/C15H10Cl2N2O/c16-11-6-7-12(13(17)9-11)15-19-18-14(20-15)8-10-4-2-1-3-5-10/h1-7,9H,8H2. The fourth-order valence-corrected chi connectivity index (χ4v) is 2.36. The molecule has 2 aromatic carbocycles. The van der Waals surface area contributed by atoms with Gasteiger partial charge in [-0.15, -0.1) is 10.2 Å². The molecule has 0 radical (unpaired) electrons. The lowest BCUT2D eigenvalue weighted by molar-refractivity contribution is 0.518. The highest BCUT2D eigenvalue weighted by Crippen LogP contribution is 2.29. The first-order valence-corrected chi connectivity index (χ1v) is 6.80. The number of hydrogen-bond acceptors (Lipinski definition) is 3. The van der Waals surface area contributed by atoms with Gasteiger partial charge in [0.2, 0.25) is 11.8 Å². The largest absolute Gasteiger partial charge is 0.420 e. The number of benzene rings is 2. The maximum absolute atomic E-state index is 6.12. The highest BCUT2D eigenvalue weighted by atomic mass is 35.5. The fraction of sp³-hybridized carbons (Fsp3) is 0.0667. The molecule has 0 N–H and O–H groups in total. The molecular weight excluding hydrogens is 295 g/mol. The molecule has 0 aliphatic rings. The molecular formula is C15H10Cl2N2O. The Bertz CT molecular complexity index is 726. The predicted molar refractivity (Wildman–Crippen MR) is 79.0 cm³/mol. The molecule has 0 unspecified atom stereocenters. The van der Waals surface area contributed by atoms with E-state index in [0.29, 0.717) is 33.8 Å². The first-order chi connectivity index (χ1) is 9.72. The summed E-state index contributed by atoms with van der Waals surface area (Å²) in [5, 5.41) is 9.14. The maximum Gasteiger partial charge on any atom is 0.249 e. The van der Waals surface area contributed by atoms with Crippen LogP contribution in [0.1, 0.15) is 11.5 Å². The first kappa shape index (κ1) is 13.2. The van der Waals surface area contributed by atoms with Crippen molar-refractivity contribution in [3.8, 4) is 11.5 Å². The minimum atomic E-state index is 0.401. The van der Waals surface area contributed by atoms with E-state index in [0.717, 1.165) is 5.56 Å². The van der Waals surface area contributed by atoms with Gasteiger partial charge in [-0.05, 0) is 23.8 Å². The van der Waals surface area contributed by atoms with Crippen LogP contribution in [0, 0.1) is 0 Å². The normalized spacial score (nSPS) is 10.7. The van der Waals surface area contributed by atoms with Crippen LogP contribution in [0.4, 0.5) is 0 Å². The third-order valence-electron chi connectivity index (χ3n) is 2.83. The van der Waals surface area contributed by atoms with Crippen LogP contribution in [0.25, 0.3) is 11.5 Å². The van der Waals surface area contributed by atoms with Gasteiger partial charge in [-0.2, -0.15) is 0 Å². The third kappa shape index (κ3) is 2.84. The van der Waals surface area contributed by atoms with Gasteiger partial charge in [-0.25, -0.2) is 0 Å². The molecule has 0 aliphatic carbocycles. The SMILES string of the molecule is Clc1ccc(-c2nnc(Cc3ccccc3)o2)c(Cl)c1. The summed E-state index contributed by atoms with van der Waals surface area (Å²) in [6.07, 6.45) is 0.596. The summed E-state index contributed by atoms with van der Waals surface area (Å²) >= 11 is 12.0. The summed E-state index contributed by atoms with van der Waals surface area (Å²) in [4.78, 5) is 0. The Balaban J connectivity index is 1.87. The van der Waals surface area contributed by atoms with Crippen LogP contribution in [0.5, 0.6) is 0 Å². The number of rotatable bonds is 3. The molecule has 3 aromatic rings. The van der Waals surface area contributed by atoms with Gasteiger partial charge in [-0.3, -0.25) is 0 Å². The van der Waals surface area contributed by atoms with E-state index in [1.165, 1.54) is 0 Å². The van der Waals surface area contributed by atoms with Crippen molar-refractivity contribution >= 4 is 23.2 Å². The summed E-state index contributed by atoms with van der Waals surface area (Å²) in [6, 6.07) is 15.1. The number of nitrogens with zero attached hydrogens (tertiary/aromatic N) is 2. The second-order valence-corrected chi connectivity index (χ2v) is 5.13. The van der Waals surface area contributed by atoms with E-state index in [-0.39, 0.29) is 0 Å².